The number of carboxylic acid groups (broad SMARTS) is 1. The molecule has 0 aromatic carbocycles. The highest BCUT2D eigenvalue weighted by atomic mass is 32.2. The van der Waals surface area contributed by atoms with Crippen LogP contribution in [0.2, 0.25) is 0 Å². The number of ether oxygens (including phenoxy) is 1. The number of fused-ring (bicyclic) bond motifs is 1. The lowest BCUT2D eigenvalue weighted by molar-refractivity contribution is -0.149. The van der Waals surface area contributed by atoms with Gasteiger partial charge in [-0.1, -0.05) is 13.0 Å². The van der Waals surface area contributed by atoms with Crippen molar-refractivity contribution in [2.75, 3.05) is 59.1 Å². The standard InChI is InChI=1S/C23H35N3O6S/c1-3-5-25(8-7-24-9-12-32-13-10-24)21(29)19-23-15(2)14-16(33-23)17(22(30)31)18(23)20(28)26(19)6-4-11-27/h3,15-19,27H,1,4-14H2,2H3,(H,30,31)/t15?,16-,17+,18-,19?,23?/m0/s1. The predicted octanol–water partition coefficient (Wildman–Crippen LogP) is 0.137. The van der Waals surface area contributed by atoms with E-state index in [2.05, 4.69) is 11.5 Å². The third kappa shape index (κ3) is 4.09. The van der Waals surface area contributed by atoms with Crippen LogP contribution in [0.5, 0.6) is 0 Å². The lowest BCUT2D eigenvalue weighted by Gasteiger charge is -2.40. The molecule has 6 atom stereocenters. The third-order valence-electron chi connectivity index (χ3n) is 7.77. The number of aliphatic hydroxyl groups is 1. The average Bonchev–Trinajstić information content (AvgIpc) is 3.39. The first-order valence-electron chi connectivity index (χ1n) is 11.9. The maximum atomic E-state index is 14.1. The van der Waals surface area contributed by atoms with Crippen molar-refractivity contribution in [1.82, 2.24) is 14.7 Å². The van der Waals surface area contributed by atoms with Crippen molar-refractivity contribution in [3.63, 3.8) is 0 Å². The molecule has 4 aliphatic rings. The quantitative estimate of drug-likeness (QED) is 0.424. The third-order valence-corrected chi connectivity index (χ3v) is 9.85. The fourth-order valence-corrected chi connectivity index (χ4v) is 8.68. The number of rotatable bonds is 10. The van der Waals surface area contributed by atoms with Gasteiger partial charge < -0.3 is 24.7 Å². The lowest BCUT2D eigenvalue weighted by atomic mass is 9.66. The molecule has 4 aliphatic heterocycles. The summed E-state index contributed by atoms with van der Waals surface area (Å²) >= 11 is 1.55. The van der Waals surface area contributed by atoms with E-state index >= 15 is 0 Å². The van der Waals surface area contributed by atoms with Crippen molar-refractivity contribution in [3.8, 4) is 0 Å². The summed E-state index contributed by atoms with van der Waals surface area (Å²) in [6.07, 6.45) is 2.75. The first-order valence-corrected chi connectivity index (χ1v) is 12.8. The lowest BCUT2D eigenvalue weighted by Crippen LogP contribution is -2.58. The maximum Gasteiger partial charge on any atom is 0.308 e. The smallest absolute Gasteiger partial charge is 0.308 e. The largest absolute Gasteiger partial charge is 0.481 e. The minimum atomic E-state index is -0.954. The molecule has 4 saturated heterocycles. The molecular formula is C23H35N3O6S. The number of carboxylic acids is 1. The van der Waals surface area contributed by atoms with Crippen LogP contribution >= 0.6 is 11.8 Å². The Morgan fingerprint density at radius 2 is 2.06 bits per heavy atom. The van der Waals surface area contributed by atoms with Gasteiger partial charge in [0.2, 0.25) is 11.8 Å². The molecule has 0 aromatic heterocycles. The fraction of sp³-hybridized carbons (Fsp3) is 0.783. The van der Waals surface area contributed by atoms with Crippen molar-refractivity contribution in [1.29, 1.82) is 0 Å². The fourth-order valence-electron chi connectivity index (χ4n) is 6.27. The van der Waals surface area contributed by atoms with Crippen LogP contribution in [0.3, 0.4) is 0 Å². The van der Waals surface area contributed by atoms with Gasteiger partial charge in [0.05, 0.1) is 29.8 Å². The highest BCUT2D eigenvalue weighted by Crippen LogP contribution is 2.68. The normalized spacial score (nSPS) is 35.6. The van der Waals surface area contributed by atoms with Crippen LogP contribution in [0.1, 0.15) is 19.8 Å². The minimum Gasteiger partial charge on any atom is -0.481 e. The zero-order valence-corrected chi connectivity index (χ0v) is 20.0. The molecule has 4 rings (SSSR count). The molecule has 0 radical (unpaired) electrons. The molecule has 33 heavy (non-hydrogen) atoms. The number of amides is 2. The molecular weight excluding hydrogens is 446 g/mol. The van der Waals surface area contributed by atoms with E-state index in [1.807, 2.05) is 6.92 Å². The van der Waals surface area contributed by atoms with Gasteiger partial charge in [-0.25, -0.2) is 0 Å². The van der Waals surface area contributed by atoms with Crippen LogP contribution < -0.4 is 0 Å². The SMILES string of the molecule is C=CCN(CCN1CCOCC1)C(=O)C1N(CCCO)C(=O)[C@@H]2[C@H](C(=O)O)[C@@H]3CC(C)C12S3. The summed E-state index contributed by atoms with van der Waals surface area (Å²) in [6, 6.07) is -0.722. The van der Waals surface area contributed by atoms with Crippen LogP contribution in [-0.4, -0.2) is 118 Å². The highest BCUT2D eigenvalue weighted by molar-refractivity contribution is 8.02. The minimum absolute atomic E-state index is 0.0509. The van der Waals surface area contributed by atoms with Gasteiger partial charge in [-0.3, -0.25) is 19.3 Å². The molecule has 3 unspecified atom stereocenters. The zero-order chi connectivity index (χ0) is 23.8. The van der Waals surface area contributed by atoms with Gasteiger partial charge in [0.25, 0.3) is 0 Å². The Balaban J connectivity index is 1.64. The van der Waals surface area contributed by atoms with Gasteiger partial charge in [0, 0.05) is 51.1 Å². The van der Waals surface area contributed by atoms with E-state index in [4.69, 9.17) is 4.74 Å². The average molecular weight is 482 g/mol. The number of likely N-dealkylation sites (tertiary alicyclic amines) is 1. The number of thioether (sulfide) groups is 1. The number of nitrogens with zero attached hydrogens (tertiary/aromatic N) is 3. The molecule has 4 fully saturated rings. The van der Waals surface area contributed by atoms with Gasteiger partial charge in [0.15, 0.2) is 0 Å². The van der Waals surface area contributed by atoms with Gasteiger partial charge in [-0.05, 0) is 18.8 Å². The molecule has 2 bridgehead atoms. The molecule has 1 spiro atoms. The van der Waals surface area contributed by atoms with Crippen LogP contribution in [0, 0.1) is 17.8 Å². The van der Waals surface area contributed by atoms with Gasteiger partial charge in [0.1, 0.15) is 6.04 Å². The monoisotopic (exact) mass is 481 g/mol. The Morgan fingerprint density at radius 3 is 2.70 bits per heavy atom. The van der Waals surface area contributed by atoms with E-state index in [9.17, 15) is 24.6 Å². The topological polar surface area (TPSA) is 111 Å². The summed E-state index contributed by atoms with van der Waals surface area (Å²) < 4.78 is 4.67. The van der Waals surface area contributed by atoms with E-state index in [-0.39, 0.29) is 36.1 Å². The summed E-state index contributed by atoms with van der Waals surface area (Å²) in [6.45, 7) is 10.6. The second-order valence-electron chi connectivity index (χ2n) is 9.53. The predicted molar refractivity (Wildman–Crippen MR) is 124 cm³/mol. The zero-order valence-electron chi connectivity index (χ0n) is 19.2. The van der Waals surface area contributed by atoms with Crippen molar-refractivity contribution >= 4 is 29.5 Å². The molecule has 10 heteroatoms. The Bertz CT molecular complexity index is 790. The summed E-state index contributed by atoms with van der Waals surface area (Å²) in [5, 5.41) is 19.2. The molecule has 0 aromatic rings. The Labute approximate surface area is 199 Å². The first kappa shape index (κ1) is 24.5. The van der Waals surface area contributed by atoms with Gasteiger partial charge in [-0.2, -0.15) is 0 Å². The summed E-state index contributed by atoms with van der Waals surface area (Å²) in [4.78, 5) is 45.4. The molecule has 2 amide bonds. The van der Waals surface area contributed by atoms with E-state index in [1.165, 1.54) is 0 Å². The number of hydrogen-bond acceptors (Lipinski definition) is 7. The van der Waals surface area contributed by atoms with E-state index in [0.717, 1.165) is 13.1 Å². The number of morpholine rings is 1. The van der Waals surface area contributed by atoms with E-state index < -0.39 is 28.6 Å². The number of aliphatic hydroxyl groups excluding tert-OH is 1. The molecule has 4 heterocycles. The number of aliphatic carboxylic acids is 1. The van der Waals surface area contributed by atoms with Crippen LogP contribution in [-0.2, 0) is 19.1 Å². The maximum absolute atomic E-state index is 14.1. The summed E-state index contributed by atoms with van der Waals surface area (Å²) in [5.74, 6) is -2.76. The molecule has 184 valence electrons. The molecule has 2 N–H and O–H groups in total. The van der Waals surface area contributed by atoms with Crippen LogP contribution in [0.4, 0.5) is 0 Å². The van der Waals surface area contributed by atoms with Crippen molar-refractivity contribution in [2.24, 2.45) is 17.8 Å². The van der Waals surface area contributed by atoms with Crippen LogP contribution in [0.25, 0.3) is 0 Å². The van der Waals surface area contributed by atoms with Crippen molar-refractivity contribution in [3.05, 3.63) is 12.7 Å². The van der Waals surface area contributed by atoms with Gasteiger partial charge in [-0.15, -0.1) is 18.3 Å². The second kappa shape index (κ2) is 9.93. The Kier molecular flexibility index (Phi) is 7.38. The highest BCUT2D eigenvalue weighted by Gasteiger charge is 2.76. The number of carbonyl (C=O) groups excluding carboxylic acids is 2. The first-order chi connectivity index (χ1) is 15.9. The van der Waals surface area contributed by atoms with E-state index in [1.54, 1.807) is 27.6 Å². The Hall–Kier alpha value is -1.62. The van der Waals surface area contributed by atoms with Crippen LogP contribution in [0.15, 0.2) is 12.7 Å². The summed E-state index contributed by atoms with van der Waals surface area (Å²) in [5.41, 5.74) is 0. The summed E-state index contributed by atoms with van der Waals surface area (Å²) in [7, 11) is 0. The second-order valence-corrected chi connectivity index (χ2v) is 11.1. The number of hydrogen-bond donors (Lipinski definition) is 2. The van der Waals surface area contributed by atoms with Gasteiger partial charge >= 0.3 is 5.97 Å². The Morgan fingerprint density at radius 1 is 1.33 bits per heavy atom. The molecule has 0 saturated carbocycles. The van der Waals surface area contributed by atoms with E-state index in [0.29, 0.717) is 45.7 Å². The molecule has 0 aliphatic carbocycles. The number of carbonyl (C=O) groups is 3. The van der Waals surface area contributed by atoms with Crippen molar-refractivity contribution < 1.29 is 29.3 Å². The van der Waals surface area contributed by atoms with Crippen molar-refractivity contribution in [2.45, 2.75) is 35.8 Å². The molecule has 9 nitrogen and oxygen atoms in total.